The van der Waals surface area contributed by atoms with Crippen molar-refractivity contribution in [3.63, 3.8) is 0 Å². The average Bonchev–Trinajstić information content (AvgIpc) is 3.02. The van der Waals surface area contributed by atoms with Crippen molar-refractivity contribution in [1.29, 1.82) is 5.26 Å². The summed E-state index contributed by atoms with van der Waals surface area (Å²) in [5, 5.41) is 18.5. The summed E-state index contributed by atoms with van der Waals surface area (Å²) >= 11 is 0. The first-order chi connectivity index (χ1) is 13.5. The molecule has 1 rings (SSSR count). The molecule has 170 valence electrons. The summed E-state index contributed by atoms with van der Waals surface area (Å²) in [6, 6.07) is 2.47. The van der Waals surface area contributed by atoms with Crippen LogP contribution in [0.5, 0.6) is 0 Å². The van der Waals surface area contributed by atoms with Crippen LogP contribution >= 0.6 is 8.53 Å². The van der Waals surface area contributed by atoms with Crippen molar-refractivity contribution >= 4 is 8.53 Å². The normalized spacial score (nSPS) is 22.6. The summed E-state index contributed by atoms with van der Waals surface area (Å²) in [6.07, 6.45) is 6.53. The second-order valence-electron chi connectivity index (χ2n) is 6.86. The van der Waals surface area contributed by atoms with Gasteiger partial charge in [0.2, 0.25) is 0 Å². The van der Waals surface area contributed by atoms with Gasteiger partial charge in [-0.2, -0.15) is 11.9 Å². The van der Waals surface area contributed by atoms with Crippen LogP contribution in [-0.2, 0) is 39.6 Å². The monoisotopic (exact) mass is 835 g/mol. The number of nitriles is 1. The van der Waals surface area contributed by atoms with Crippen LogP contribution in [-0.4, -0.2) is 60.0 Å². The fraction of sp³-hybridized carbons (Fsp3) is 0.700. The van der Waals surface area contributed by atoms with E-state index in [4.69, 9.17) is 23.8 Å². The van der Waals surface area contributed by atoms with Crippen LogP contribution in [0.4, 0.5) is 0 Å². The van der Waals surface area contributed by atoms with E-state index in [-0.39, 0.29) is 77.5 Å². The third kappa shape index (κ3) is 11.7. The Bertz CT molecular complexity index is 526. The van der Waals surface area contributed by atoms with Crippen LogP contribution in [0.1, 0.15) is 41.0 Å². The Kier molecular flexibility index (Phi) is 21.4. The Balaban J connectivity index is 0. The van der Waals surface area contributed by atoms with Gasteiger partial charge in [-0.3, -0.25) is 0 Å². The smallest absolute Gasteiger partial charge is 0.259 e. The molecule has 0 radical (unpaired) electrons. The van der Waals surface area contributed by atoms with E-state index in [2.05, 4.69) is 38.4 Å². The summed E-state index contributed by atoms with van der Waals surface area (Å²) in [7, 11) is -1.45. The zero-order valence-corrected chi connectivity index (χ0v) is 26.4. The number of nitrogens with zero attached hydrogens (tertiary/aromatic N) is 2. The van der Waals surface area contributed by atoms with E-state index in [1.54, 1.807) is 6.61 Å². The molecular weight excluding hydrogens is 801 g/mol. The molecule has 0 amide bonds. The Hall–Kier alpha value is 0.900. The van der Waals surface area contributed by atoms with Crippen LogP contribution in [0, 0.1) is 49.1 Å². The largest absolute Gasteiger partial charge is 0.544 e. The summed E-state index contributed by atoms with van der Waals surface area (Å²) in [4.78, 5) is 0. The molecule has 0 aliphatic carbocycles. The molecule has 1 N–H and O–H groups in total. The van der Waals surface area contributed by atoms with Gasteiger partial charge in [0.05, 0.1) is 44.5 Å². The second-order valence-corrected chi connectivity index (χ2v) is 8.27. The standard InChI is InChI=1S/C20H34N2O5P.U.W/c1-6-7-8-9-12-24-19-15-25-18(14-23)20(19)27-28(26-13-10-11-21)22(16(2)3)17(4)5;;/h6-9,15-20,23H,10,12-14H2,1-5H3;;/q-1;;/b7-6+,9-8+;;/t18-,19?,20+,28?;;/m1../s1. The summed E-state index contributed by atoms with van der Waals surface area (Å²) in [5.74, 6) is 0. The van der Waals surface area contributed by atoms with Crippen LogP contribution in [0.25, 0.3) is 0 Å². The minimum Gasteiger partial charge on any atom is -0.544 e. The minimum absolute atomic E-state index is 0. The summed E-state index contributed by atoms with van der Waals surface area (Å²) in [6.45, 7) is 12.3. The molecule has 1 saturated heterocycles. The average molecular weight is 835 g/mol. The predicted molar refractivity (Wildman–Crippen MR) is 110 cm³/mol. The zero-order valence-electron chi connectivity index (χ0n) is 18.4. The van der Waals surface area contributed by atoms with E-state index in [1.807, 2.05) is 31.2 Å². The third-order valence-electron chi connectivity index (χ3n) is 3.96. The maximum absolute atomic E-state index is 9.69. The number of hydrogen-bond donors (Lipinski definition) is 1. The quantitative estimate of drug-likeness (QED) is 0.131. The molecule has 30 heavy (non-hydrogen) atoms. The first-order valence-electron chi connectivity index (χ1n) is 9.70. The molecule has 1 fully saturated rings. The molecule has 0 aromatic rings. The van der Waals surface area contributed by atoms with Gasteiger partial charge in [0.25, 0.3) is 8.53 Å². The summed E-state index contributed by atoms with van der Waals surface area (Å²) in [5.41, 5.74) is 0. The topological polar surface area (TPSA) is 84.2 Å². The van der Waals surface area contributed by atoms with Gasteiger partial charge in [0.15, 0.2) is 0 Å². The molecule has 1 aliphatic heterocycles. The van der Waals surface area contributed by atoms with Crippen molar-refractivity contribution < 1.29 is 75.8 Å². The first-order valence-corrected chi connectivity index (χ1v) is 10.8. The van der Waals surface area contributed by atoms with Crippen molar-refractivity contribution in [2.75, 3.05) is 19.8 Å². The van der Waals surface area contributed by atoms with Crippen LogP contribution in [0.2, 0.25) is 0 Å². The van der Waals surface area contributed by atoms with Gasteiger partial charge >= 0.3 is 0 Å². The van der Waals surface area contributed by atoms with Crippen LogP contribution in [0.15, 0.2) is 24.3 Å². The second kappa shape index (κ2) is 19.4. The molecular formula is C20H34N2O5PUW-. The maximum Gasteiger partial charge on any atom is 0.259 e. The molecule has 1 aliphatic rings. The number of allylic oxidation sites excluding steroid dienone is 3. The van der Waals surface area contributed by atoms with Gasteiger partial charge in [-0.25, -0.2) is 4.67 Å². The molecule has 4 atom stereocenters. The molecule has 7 nitrogen and oxygen atoms in total. The van der Waals surface area contributed by atoms with Crippen molar-refractivity contribution in [2.45, 2.75) is 71.4 Å². The molecule has 2 unspecified atom stereocenters. The van der Waals surface area contributed by atoms with Crippen molar-refractivity contribution in [3.05, 3.63) is 30.9 Å². The predicted octanol–water partition coefficient (Wildman–Crippen LogP) is 3.72. The number of aliphatic hydroxyl groups is 1. The van der Waals surface area contributed by atoms with E-state index in [0.717, 1.165) is 0 Å². The molecule has 0 aromatic carbocycles. The van der Waals surface area contributed by atoms with Gasteiger partial charge in [-0.05, 0) is 40.7 Å². The van der Waals surface area contributed by atoms with E-state index >= 15 is 0 Å². The number of ether oxygens (including phenoxy) is 2. The van der Waals surface area contributed by atoms with E-state index < -0.39 is 26.8 Å². The van der Waals surface area contributed by atoms with Gasteiger partial charge in [0.1, 0.15) is 0 Å². The Morgan fingerprint density at radius 1 is 1.27 bits per heavy atom. The molecule has 1 heterocycles. The molecule has 0 spiro atoms. The van der Waals surface area contributed by atoms with Crippen LogP contribution in [0.3, 0.4) is 0 Å². The fourth-order valence-electron chi connectivity index (χ4n) is 2.76. The van der Waals surface area contributed by atoms with E-state index in [0.29, 0.717) is 13.0 Å². The molecule has 0 saturated carbocycles. The van der Waals surface area contributed by atoms with Crippen LogP contribution < -0.4 is 0 Å². The minimum atomic E-state index is -1.45. The van der Waals surface area contributed by atoms with E-state index in [1.165, 1.54) is 0 Å². The number of rotatable bonds is 13. The van der Waals surface area contributed by atoms with Crippen molar-refractivity contribution in [1.82, 2.24) is 4.67 Å². The number of aliphatic hydroxyl groups excluding tert-OH is 1. The fourth-order valence-corrected chi connectivity index (χ4v) is 4.53. The van der Waals surface area contributed by atoms with Gasteiger partial charge in [-0.1, -0.05) is 24.3 Å². The SMILES string of the molecule is C/C=C/C=C/COC1[CH-]O[C@H](CO)[C@@H]1OP(OCCC#N)N(C(C)C)C(C)C.[U].[W]. The molecule has 0 aromatic heterocycles. The van der Waals surface area contributed by atoms with Gasteiger partial charge in [-0.15, -0.1) is 0 Å². The Morgan fingerprint density at radius 2 is 1.93 bits per heavy atom. The van der Waals surface area contributed by atoms with Crippen molar-refractivity contribution in [2.24, 2.45) is 0 Å². The van der Waals surface area contributed by atoms with Gasteiger partial charge < -0.3 is 23.6 Å². The van der Waals surface area contributed by atoms with E-state index in [9.17, 15) is 5.11 Å². The number of hydrogen-bond acceptors (Lipinski definition) is 7. The Labute approximate surface area is 221 Å². The first kappa shape index (κ1) is 33.1. The zero-order chi connectivity index (χ0) is 20.9. The molecule has 10 heteroatoms. The van der Waals surface area contributed by atoms with Gasteiger partial charge in [0, 0.05) is 64.3 Å². The molecule has 0 bridgehead atoms. The maximum atomic E-state index is 9.69. The Morgan fingerprint density at radius 3 is 2.47 bits per heavy atom. The summed E-state index contributed by atoms with van der Waals surface area (Å²) < 4.78 is 25.8. The van der Waals surface area contributed by atoms with Crippen molar-refractivity contribution in [3.8, 4) is 6.07 Å². The third-order valence-corrected chi connectivity index (χ3v) is 6.08.